The van der Waals surface area contributed by atoms with Crippen LogP contribution in [-0.4, -0.2) is 24.8 Å². The summed E-state index contributed by atoms with van der Waals surface area (Å²) in [5, 5.41) is 3.63. The molecule has 0 aromatic rings. The Morgan fingerprint density at radius 1 is 1.11 bits per heavy atom. The smallest absolute Gasteiger partial charge is 0.0629 e. The minimum absolute atomic E-state index is 0.0196. The van der Waals surface area contributed by atoms with Gasteiger partial charge >= 0.3 is 0 Å². The first kappa shape index (κ1) is 16.0. The van der Waals surface area contributed by atoms with Gasteiger partial charge in [-0.05, 0) is 52.0 Å². The van der Waals surface area contributed by atoms with Crippen molar-refractivity contribution < 1.29 is 4.74 Å². The summed E-state index contributed by atoms with van der Waals surface area (Å²) in [6, 6.07) is 0.548. The van der Waals surface area contributed by atoms with E-state index in [-0.39, 0.29) is 5.60 Å². The Hall–Kier alpha value is -0.0800. The zero-order chi connectivity index (χ0) is 13.6. The first-order valence-corrected chi connectivity index (χ1v) is 7.83. The van der Waals surface area contributed by atoms with Gasteiger partial charge in [0.1, 0.15) is 0 Å². The van der Waals surface area contributed by atoms with Gasteiger partial charge in [-0.25, -0.2) is 0 Å². The Balaban J connectivity index is 2.41. The van der Waals surface area contributed by atoms with Crippen molar-refractivity contribution in [3.05, 3.63) is 0 Å². The van der Waals surface area contributed by atoms with Crippen molar-refractivity contribution in [2.75, 3.05) is 13.2 Å². The molecule has 1 aliphatic carbocycles. The van der Waals surface area contributed by atoms with E-state index in [9.17, 15) is 0 Å². The highest BCUT2D eigenvalue weighted by atomic mass is 16.5. The molecule has 0 amide bonds. The van der Waals surface area contributed by atoms with Crippen LogP contribution in [0, 0.1) is 11.8 Å². The topological polar surface area (TPSA) is 21.3 Å². The van der Waals surface area contributed by atoms with Crippen LogP contribution in [0.25, 0.3) is 0 Å². The molecule has 0 radical (unpaired) electrons. The predicted molar refractivity (Wildman–Crippen MR) is 78.9 cm³/mol. The zero-order valence-electron chi connectivity index (χ0n) is 13.1. The molecule has 1 rings (SSSR count). The van der Waals surface area contributed by atoms with Gasteiger partial charge in [0.05, 0.1) is 12.2 Å². The Kier molecular flexibility index (Phi) is 6.65. The normalized spacial score (nSPS) is 27.2. The second-order valence-electron chi connectivity index (χ2n) is 6.78. The molecule has 0 aromatic carbocycles. The van der Waals surface area contributed by atoms with Crippen LogP contribution in [0.4, 0.5) is 0 Å². The van der Waals surface area contributed by atoms with Gasteiger partial charge in [0.15, 0.2) is 0 Å². The van der Waals surface area contributed by atoms with Crippen LogP contribution in [0.2, 0.25) is 0 Å². The SMILES string of the molecule is CCNC(COC(C)(C)C)C1CCC(CC)CC1. The van der Waals surface area contributed by atoms with E-state index in [4.69, 9.17) is 4.74 Å². The van der Waals surface area contributed by atoms with Crippen molar-refractivity contribution in [1.82, 2.24) is 5.32 Å². The molecule has 0 bridgehead atoms. The largest absolute Gasteiger partial charge is 0.374 e. The molecule has 2 heteroatoms. The van der Waals surface area contributed by atoms with E-state index >= 15 is 0 Å². The van der Waals surface area contributed by atoms with Gasteiger partial charge < -0.3 is 10.1 Å². The van der Waals surface area contributed by atoms with Gasteiger partial charge in [-0.2, -0.15) is 0 Å². The molecule has 2 nitrogen and oxygen atoms in total. The minimum atomic E-state index is -0.0196. The van der Waals surface area contributed by atoms with Crippen molar-refractivity contribution in [3.63, 3.8) is 0 Å². The van der Waals surface area contributed by atoms with Crippen LogP contribution in [-0.2, 0) is 4.74 Å². The molecule has 1 atom stereocenters. The summed E-state index contributed by atoms with van der Waals surface area (Å²) in [5.74, 6) is 1.79. The van der Waals surface area contributed by atoms with Crippen molar-refractivity contribution in [2.24, 2.45) is 11.8 Å². The third-order valence-corrected chi connectivity index (χ3v) is 4.20. The average molecular weight is 255 g/mol. The summed E-state index contributed by atoms with van der Waals surface area (Å²) in [4.78, 5) is 0. The summed E-state index contributed by atoms with van der Waals surface area (Å²) in [6.07, 6.45) is 6.95. The highest BCUT2D eigenvalue weighted by Crippen LogP contribution is 2.32. The van der Waals surface area contributed by atoms with E-state index in [2.05, 4.69) is 39.9 Å². The minimum Gasteiger partial charge on any atom is -0.374 e. The zero-order valence-corrected chi connectivity index (χ0v) is 13.1. The molecule has 1 unspecified atom stereocenters. The van der Waals surface area contributed by atoms with Crippen LogP contribution in [0.15, 0.2) is 0 Å². The van der Waals surface area contributed by atoms with Crippen molar-refractivity contribution >= 4 is 0 Å². The van der Waals surface area contributed by atoms with Crippen LogP contribution in [0.5, 0.6) is 0 Å². The number of hydrogen-bond donors (Lipinski definition) is 1. The summed E-state index contributed by atoms with van der Waals surface area (Å²) in [5.41, 5.74) is -0.0196. The molecular weight excluding hydrogens is 222 g/mol. The standard InChI is InChI=1S/C16H33NO/c1-6-13-8-10-14(11-9-13)15(17-7-2)12-18-16(3,4)5/h13-15,17H,6-12H2,1-5H3. The lowest BCUT2D eigenvalue weighted by molar-refractivity contribution is -0.0255. The molecule has 0 aromatic heterocycles. The van der Waals surface area contributed by atoms with Gasteiger partial charge in [-0.1, -0.05) is 33.1 Å². The maximum absolute atomic E-state index is 5.99. The summed E-state index contributed by atoms with van der Waals surface area (Å²) < 4.78 is 5.99. The average Bonchev–Trinajstić information content (AvgIpc) is 2.33. The van der Waals surface area contributed by atoms with E-state index in [1.807, 2.05) is 0 Å². The van der Waals surface area contributed by atoms with Crippen molar-refractivity contribution in [1.29, 1.82) is 0 Å². The van der Waals surface area contributed by atoms with Crippen molar-refractivity contribution in [3.8, 4) is 0 Å². The lowest BCUT2D eigenvalue weighted by atomic mass is 9.77. The molecule has 0 aliphatic heterocycles. The monoisotopic (exact) mass is 255 g/mol. The lowest BCUT2D eigenvalue weighted by Gasteiger charge is -2.35. The molecule has 108 valence electrons. The number of hydrogen-bond acceptors (Lipinski definition) is 2. The first-order chi connectivity index (χ1) is 8.46. The van der Waals surface area contributed by atoms with Gasteiger partial charge in [0.2, 0.25) is 0 Å². The van der Waals surface area contributed by atoms with E-state index in [0.717, 1.165) is 25.0 Å². The summed E-state index contributed by atoms with van der Waals surface area (Å²) in [6.45, 7) is 12.9. The third kappa shape index (κ3) is 5.71. The van der Waals surface area contributed by atoms with Crippen LogP contribution in [0.3, 0.4) is 0 Å². The fourth-order valence-corrected chi connectivity index (χ4v) is 2.96. The molecule has 1 N–H and O–H groups in total. The Morgan fingerprint density at radius 3 is 2.17 bits per heavy atom. The number of likely N-dealkylation sites (N-methyl/N-ethyl adjacent to an activating group) is 1. The Labute approximate surface area is 114 Å². The summed E-state index contributed by atoms with van der Waals surface area (Å²) in [7, 11) is 0. The number of rotatable bonds is 6. The molecular formula is C16H33NO. The maximum Gasteiger partial charge on any atom is 0.0629 e. The molecule has 1 aliphatic rings. The van der Waals surface area contributed by atoms with E-state index < -0.39 is 0 Å². The van der Waals surface area contributed by atoms with Gasteiger partial charge in [-0.3, -0.25) is 0 Å². The van der Waals surface area contributed by atoms with Gasteiger partial charge in [0, 0.05) is 6.04 Å². The predicted octanol–water partition coefficient (Wildman–Crippen LogP) is 4.00. The van der Waals surface area contributed by atoms with E-state index in [1.165, 1.54) is 32.1 Å². The quantitative estimate of drug-likeness (QED) is 0.774. The van der Waals surface area contributed by atoms with Crippen LogP contribution < -0.4 is 5.32 Å². The first-order valence-electron chi connectivity index (χ1n) is 7.83. The van der Waals surface area contributed by atoms with Crippen LogP contribution >= 0.6 is 0 Å². The van der Waals surface area contributed by atoms with Crippen molar-refractivity contribution in [2.45, 2.75) is 78.4 Å². The second kappa shape index (κ2) is 7.49. The molecule has 18 heavy (non-hydrogen) atoms. The molecule has 0 spiro atoms. The van der Waals surface area contributed by atoms with Gasteiger partial charge in [0.25, 0.3) is 0 Å². The lowest BCUT2D eigenvalue weighted by Crippen LogP contribution is -2.43. The molecule has 0 heterocycles. The molecule has 1 saturated carbocycles. The van der Waals surface area contributed by atoms with E-state index in [1.54, 1.807) is 0 Å². The van der Waals surface area contributed by atoms with E-state index in [0.29, 0.717) is 6.04 Å². The Bertz CT molecular complexity index is 214. The fourth-order valence-electron chi connectivity index (χ4n) is 2.96. The highest BCUT2D eigenvalue weighted by molar-refractivity contribution is 4.82. The fraction of sp³-hybridized carbons (Fsp3) is 1.00. The summed E-state index contributed by atoms with van der Waals surface area (Å²) >= 11 is 0. The Morgan fingerprint density at radius 2 is 1.72 bits per heavy atom. The van der Waals surface area contributed by atoms with Gasteiger partial charge in [-0.15, -0.1) is 0 Å². The highest BCUT2D eigenvalue weighted by Gasteiger charge is 2.27. The van der Waals surface area contributed by atoms with Crippen LogP contribution in [0.1, 0.15) is 66.7 Å². The number of nitrogens with one attached hydrogen (secondary N) is 1. The molecule has 1 fully saturated rings. The third-order valence-electron chi connectivity index (χ3n) is 4.20. The maximum atomic E-state index is 5.99. The molecule has 0 saturated heterocycles. The second-order valence-corrected chi connectivity index (χ2v) is 6.78. The number of ether oxygens (including phenoxy) is 1.